The molecule has 4 nitrogen and oxygen atoms in total. The molecule has 0 aromatic carbocycles. The highest BCUT2D eigenvalue weighted by molar-refractivity contribution is 7.89. The minimum absolute atomic E-state index is 0.260. The second-order valence-corrected chi connectivity index (χ2v) is 8.21. The second kappa shape index (κ2) is 5.33. The molecule has 2 aliphatic heterocycles. The highest BCUT2D eigenvalue weighted by Gasteiger charge is 2.37. The number of hydrogen-bond acceptors (Lipinski definition) is 4. The molecule has 106 valence electrons. The Labute approximate surface area is 123 Å². The van der Waals surface area contributed by atoms with Crippen LogP contribution in [0.15, 0.2) is 16.3 Å². The molecule has 1 aromatic rings. The van der Waals surface area contributed by atoms with Gasteiger partial charge in [0.2, 0.25) is 10.0 Å². The van der Waals surface area contributed by atoms with E-state index in [0.29, 0.717) is 24.0 Å². The summed E-state index contributed by atoms with van der Waals surface area (Å²) in [6.45, 7) is 3.19. The number of hydrogen-bond donors (Lipinski definition) is 0. The van der Waals surface area contributed by atoms with Gasteiger partial charge in [0.25, 0.3) is 0 Å². The van der Waals surface area contributed by atoms with Crippen molar-refractivity contribution in [2.45, 2.75) is 29.7 Å². The molecule has 0 bridgehead atoms. The molecule has 2 fully saturated rings. The minimum Gasteiger partial charge on any atom is -0.298 e. The predicted octanol–water partition coefficient (Wildman–Crippen LogP) is 1.96. The van der Waals surface area contributed by atoms with E-state index in [0.717, 1.165) is 24.4 Å². The van der Waals surface area contributed by atoms with E-state index < -0.39 is 10.0 Å². The Morgan fingerprint density at radius 2 is 2.21 bits per heavy atom. The average molecular weight is 321 g/mol. The molecular weight excluding hydrogens is 304 g/mol. The number of fused-ring (bicyclic) bond motifs is 1. The van der Waals surface area contributed by atoms with Crippen LogP contribution in [0.3, 0.4) is 0 Å². The van der Waals surface area contributed by atoms with Gasteiger partial charge in [-0.1, -0.05) is 0 Å². The first-order valence-corrected chi connectivity index (χ1v) is 9.35. The van der Waals surface area contributed by atoms with E-state index in [1.165, 1.54) is 17.8 Å². The third kappa shape index (κ3) is 2.45. The summed E-state index contributed by atoms with van der Waals surface area (Å²) in [5.41, 5.74) is 0. The molecule has 2 saturated heterocycles. The lowest BCUT2D eigenvalue weighted by atomic mass is 10.2. The lowest BCUT2D eigenvalue weighted by Gasteiger charge is -2.36. The Morgan fingerprint density at radius 3 is 3.00 bits per heavy atom. The van der Waals surface area contributed by atoms with Gasteiger partial charge in [-0.3, -0.25) is 4.90 Å². The van der Waals surface area contributed by atoms with Gasteiger partial charge >= 0.3 is 0 Å². The summed E-state index contributed by atoms with van der Waals surface area (Å²) < 4.78 is 27.0. The van der Waals surface area contributed by atoms with Crippen LogP contribution in [0.25, 0.3) is 0 Å². The Morgan fingerprint density at radius 1 is 1.37 bits per heavy atom. The molecule has 1 aromatic heterocycles. The third-order valence-electron chi connectivity index (χ3n) is 3.99. The highest BCUT2D eigenvalue weighted by atomic mass is 35.5. The number of alkyl halides is 1. The fraction of sp³-hybridized carbons (Fsp3) is 0.667. The van der Waals surface area contributed by atoms with E-state index in [1.807, 2.05) is 0 Å². The lowest BCUT2D eigenvalue weighted by Crippen LogP contribution is -2.51. The summed E-state index contributed by atoms with van der Waals surface area (Å²) in [6.07, 6.45) is 2.29. The molecule has 0 aliphatic carbocycles. The largest absolute Gasteiger partial charge is 0.298 e. The van der Waals surface area contributed by atoms with Gasteiger partial charge in [-0.2, -0.15) is 4.31 Å². The summed E-state index contributed by atoms with van der Waals surface area (Å²) in [5.74, 6) is 0.260. The maximum atomic E-state index is 12.7. The number of nitrogens with zero attached hydrogens (tertiary/aromatic N) is 2. The van der Waals surface area contributed by atoms with Gasteiger partial charge in [-0.05, 0) is 30.8 Å². The molecular formula is C12H17ClN2O2S2. The number of sulfonamides is 1. The van der Waals surface area contributed by atoms with Crippen LogP contribution in [-0.4, -0.2) is 49.8 Å². The Balaban J connectivity index is 1.85. The molecule has 2 aliphatic rings. The maximum absolute atomic E-state index is 12.7. The lowest BCUT2D eigenvalue weighted by molar-refractivity contribution is 0.158. The maximum Gasteiger partial charge on any atom is 0.244 e. The van der Waals surface area contributed by atoms with Crippen molar-refractivity contribution in [1.29, 1.82) is 0 Å². The van der Waals surface area contributed by atoms with Crippen molar-refractivity contribution < 1.29 is 8.42 Å². The summed E-state index contributed by atoms with van der Waals surface area (Å²) >= 11 is 7.24. The van der Waals surface area contributed by atoms with Gasteiger partial charge in [0.1, 0.15) is 0 Å². The standard InChI is InChI=1S/C12H17ClN2O2S2/c13-8-11-12(3-7-18-11)19(16,17)15-6-5-14-4-1-2-10(14)9-15/h3,7,10H,1-2,4-6,8-9H2. The van der Waals surface area contributed by atoms with E-state index in [-0.39, 0.29) is 5.88 Å². The number of rotatable bonds is 3. The van der Waals surface area contributed by atoms with Crippen LogP contribution in [0.2, 0.25) is 0 Å². The zero-order valence-electron chi connectivity index (χ0n) is 10.6. The smallest absolute Gasteiger partial charge is 0.244 e. The van der Waals surface area contributed by atoms with Gasteiger partial charge in [0, 0.05) is 30.6 Å². The molecule has 0 saturated carbocycles. The van der Waals surface area contributed by atoms with Gasteiger partial charge in [0.15, 0.2) is 0 Å². The van der Waals surface area contributed by atoms with E-state index in [4.69, 9.17) is 11.6 Å². The normalized spacial score (nSPS) is 25.6. The Kier molecular flexibility index (Phi) is 3.88. The zero-order chi connectivity index (χ0) is 13.5. The van der Waals surface area contributed by atoms with Crippen LogP contribution in [0, 0.1) is 0 Å². The summed E-state index contributed by atoms with van der Waals surface area (Å²) in [6, 6.07) is 2.08. The average Bonchev–Trinajstić information content (AvgIpc) is 3.06. The van der Waals surface area contributed by atoms with Crippen LogP contribution >= 0.6 is 22.9 Å². The van der Waals surface area contributed by atoms with Crippen LogP contribution < -0.4 is 0 Å². The fourth-order valence-corrected chi connectivity index (χ4v) is 6.12. The summed E-state index contributed by atoms with van der Waals surface area (Å²) in [4.78, 5) is 3.55. The molecule has 3 heterocycles. The van der Waals surface area contributed by atoms with Crippen molar-refractivity contribution in [3.8, 4) is 0 Å². The predicted molar refractivity (Wildman–Crippen MR) is 77.2 cm³/mol. The first-order chi connectivity index (χ1) is 9.13. The first kappa shape index (κ1) is 13.8. The molecule has 19 heavy (non-hydrogen) atoms. The fourth-order valence-electron chi connectivity index (χ4n) is 2.98. The number of thiophene rings is 1. The van der Waals surface area contributed by atoms with Crippen molar-refractivity contribution in [1.82, 2.24) is 9.21 Å². The Bertz CT molecular complexity index is 558. The van der Waals surface area contributed by atoms with Crippen molar-refractivity contribution in [3.63, 3.8) is 0 Å². The molecule has 3 rings (SSSR count). The zero-order valence-corrected chi connectivity index (χ0v) is 13.0. The topological polar surface area (TPSA) is 40.6 Å². The monoisotopic (exact) mass is 320 g/mol. The Hall–Kier alpha value is -0.140. The second-order valence-electron chi connectivity index (χ2n) is 5.04. The minimum atomic E-state index is -3.37. The van der Waals surface area contributed by atoms with Crippen LogP contribution in [-0.2, 0) is 15.9 Å². The molecule has 7 heteroatoms. The van der Waals surface area contributed by atoms with E-state index in [9.17, 15) is 8.42 Å². The van der Waals surface area contributed by atoms with Gasteiger partial charge in [-0.25, -0.2) is 8.42 Å². The molecule has 1 unspecified atom stereocenters. The van der Waals surface area contributed by atoms with Gasteiger partial charge in [0.05, 0.1) is 10.8 Å². The quantitative estimate of drug-likeness (QED) is 0.799. The SMILES string of the molecule is O=S(=O)(c1ccsc1CCl)N1CCN2CCCC2C1. The molecule has 0 spiro atoms. The number of halogens is 1. The highest BCUT2D eigenvalue weighted by Crippen LogP contribution is 2.30. The summed E-state index contributed by atoms with van der Waals surface area (Å²) in [7, 11) is -3.37. The molecule has 1 atom stereocenters. The molecule has 0 radical (unpaired) electrons. The van der Waals surface area contributed by atoms with E-state index in [1.54, 1.807) is 15.8 Å². The van der Waals surface area contributed by atoms with Crippen molar-refractivity contribution >= 4 is 33.0 Å². The van der Waals surface area contributed by atoms with Crippen molar-refractivity contribution in [2.75, 3.05) is 26.2 Å². The summed E-state index contributed by atoms with van der Waals surface area (Å²) in [5, 5.41) is 1.80. The van der Waals surface area contributed by atoms with Gasteiger partial charge < -0.3 is 0 Å². The molecule has 0 N–H and O–H groups in total. The number of piperazine rings is 1. The van der Waals surface area contributed by atoms with Crippen LogP contribution in [0.4, 0.5) is 0 Å². The van der Waals surface area contributed by atoms with Crippen LogP contribution in [0.5, 0.6) is 0 Å². The first-order valence-electron chi connectivity index (χ1n) is 6.49. The van der Waals surface area contributed by atoms with E-state index >= 15 is 0 Å². The van der Waals surface area contributed by atoms with Crippen LogP contribution in [0.1, 0.15) is 17.7 Å². The van der Waals surface area contributed by atoms with E-state index in [2.05, 4.69) is 4.90 Å². The van der Waals surface area contributed by atoms with Crippen molar-refractivity contribution in [3.05, 3.63) is 16.3 Å². The van der Waals surface area contributed by atoms with Crippen molar-refractivity contribution in [2.24, 2.45) is 0 Å². The third-order valence-corrected chi connectivity index (χ3v) is 7.42. The molecule has 0 amide bonds. The van der Waals surface area contributed by atoms with Gasteiger partial charge in [-0.15, -0.1) is 22.9 Å².